The van der Waals surface area contributed by atoms with Crippen LogP contribution in [0, 0.1) is 0 Å². The summed E-state index contributed by atoms with van der Waals surface area (Å²) in [5, 5.41) is 5.95. The molecular weight excluding hydrogens is 258 g/mol. The summed E-state index contributed by atoms with van der Waals surface area (Å²) >= 11 is 0. The molecule has 0 unspecified atom stereocenters. The number of anilines is 1. The fraction of sp³-hybridized carbons (Fsp3) is 0.158. The van der Waals surface area contributed by atoms with E-state index in [4.69, 9.17) is 4.74 Å². The van der Waals surface area contributed by atoms with Crippen molar-refractivity contribution in [2.45, 2.75) is 13.0 Å². The summed E-state index contributed by atoms with van der Waals surface area (Å²) in [5.74, 6) is 0.894. The first-order chi connectivity index (χ1) is 10.3. The fourth-order valence-corrected chi connectivity index (χ4v) is 2.51. The molecule has 0 aromatic heterocycles. The van der Waals surface area contributed by atoms with E-state index in [0.29, 0.717) is 0 Å². The Balaban J connectivity index is 1.86. The average molecular weight is 277 g/mol. The lowest BCUT2D eigenvalue weighted by atomic mass is 10.0. The second-order valence-electron chi connectivity index (χ2n) is 5.20. The van der Waals surface area contributed by atoms with Gasteiger partial charge in [-0.2, -0.15) is 0 Å². The number of benzene rings is 3. The number of methoxy groups -OCH3 is 1. The van der Waals surface area contributed by atoms with Crippen molar-refractivity contribution in [3.05, 3.63) is 72.3 Å². The summed E-state index contributed by atoms with van der Waals surface area (Å²) in [4.78, 5) is 0. The standard InChI is InChI=1S/C19H19NO/c1-14(20-18-6-4-3-5-7-18)15-8-9-17-13-19(21-2)11-10-16(17)12-15/h3-14,20H,1-2H3/t14-/m0/s1. The molecule has 2 nitrogen and oxygen atoms in total. The van der Waals surface area contributed by atoms with Crippen LogP contribution >= 0.6 is 0 Å². The number of rotatable bonds is 4. The van der Waals surface area contributed by atoms with Crippen molar-refractivity contribution in [3.8, 4) is 5.75 Å². The first-order valence-corrected chi connectivity index (χ1v) is 7.15. The van der Waals surface area contributed by atoms with Crippen LogP contribution in [-0.4, -0.2) is 7.11 Å². The Morgan fingerprint density at radius 1 is 0.857 bits per heavy atom. The van der Waals surface area contributed by atoms with Crippen LogP contribution in [0.1, 0.15) is 18.5 Å². The van der Waals surface area contributed by atoms with Crippen molar-refractivity contribution in [2.75, 3.05) is 12.4 Å². The third-order valence-electron chi connectivity index (χ3n) is 3.73. The SMILES string of the molecule is COc1ccc2cc([C@H](C)Nc3ccccc3)ccc2c1. The van der Waals surface area contributed by atoms with Gasteiger partial charge >= 0.3 is 0 Å². The molecule has 1 N–H and O–H groups in total. The fourth-order valence-electron chi connectivity index (χ4n) is 2.51. The van der Waals surface area contributed by atoms with Crippen LogP contribution in [0.4, 0.5) is 5.69 Å². The quantitative estimate of drug-likeness (QED) is 0.723. The molecule has 3 aromatic carbocycles. The zero-order valence-corrected chi connectivity index (χ0v) is 12.3. The zero-order valence-electron chi connectivity index (χ0n) is 12.3. The largest absolute Gasteiger partial charge is 0.497 e. The third-order valence-corrected chi connectivity index (χ3v) is 3.73. The van der Waals surface area contributed by atoms with Crippen LogP contribution < -0.4 is 10.1 Å². The summed E-state index contributed by atoms with van der Waals surface area (Å²) < 4.78 is 5.27. The lowest BCUT2D eigenvalue weighted by Gasteiger charge is -2.16. The third kappa shape index (κ3) is 3.00. The van der Waals surface area contributed by atoms with Gasteiger partial charge in [-0.3, -0.25) is 0 Å². The molecule has 0 aliphatic heterocycles. The summed E-state index contributed by atoms with van der Waals surface area (Å²) in [6.07, 6.45) is 0. The van der Waals surface area contributed by atoms with Crippen LogP contribution in [-0.2, 0) is 0 Å². The molecule has 106 valence electrons. The lowest BCUT2D eigenvalue weighted by molar-refractivity contribution is 0.415. The van der Waals surface area contributed by atoms with Crippen LogP contribution in [0.25, 0.3) is 10.8 Å². The van der Waals surface area contributed by atoms with E-state index in [0.717, 1.165) is 11.4 Å². The van der Waals surface area contributed by atoms with E-state index < -0.39 is 0 Å². The number of hydrogen-bond acceptors (Lipinski definition) is 2. The van der Waals surface area contributed by atoms with E-state index in [1.54, 1.807) is 7.11 Å². The number of fused-ring (bicyclic) bond motifs is 1. The second kappa shape index (κ2) is 5.88. The number of ether oxygens (including phenoxy) is 1. The summed E-state index contributed by atoms with van der Waals surface area (Å²) in [5.41, 5.74) is 2.41. The van der Waals surface area contributed by atoms with Gasteiger partial charge in [0.1, 0.15) is 5.75 Å². The highest BCUT2D eigenvalue weighted by Crippen LogP contribution is 2.26. The maximum absolute atomic E-state index is 5.27. The Labute approximate surface area is 125 Å². The molecule has 0 bridgehead atoms. The Hall–Kier alpha value is -2.48. The Bertz CT molecular complexity index is 737. The van der Waals surface area contributed by atoms with Crippen LogP contribution in [0.15, 0.2) is 66.7 Å². The minimum atomic E-state index is 0.263. The average Bonchev–Trinajstić information content (AvgIpc) is 2.54. The molecule has 0 saturated heterocycles. The van der Waals surface area contributed by atoms with Gasteiger partial charge in [0.25, 0.3) is 0 Å². The van der Waals surface area contributed by atoms with Gasteiger partial charge < -0.3 is 10.1 Å². The van der Waals surface area contributed by atoms with Crippen molar-refractivity contribution in [1.29, 1.82) is 0 Å². The Kier molecular flexibility index (Phi) is 3.78. The van der Waals surface area contributed by atoms with Gasteiger partial charge in [0, 0.05) is 11.7 Å². The Morgan fingerprint density at radius 2 is 1.57 bits per heavy atom. The van der Waals surface area contributed by atoms with Gasteiger partial charge in [-0.05, 0) is 53.6 Å². The lowest BCUT2D eigenvalue weighted by Crippen LogP contribution is -2.06. The van der Waals surface area contributed by atoms with Crippen LogP contribution in [0.2, 0.25) is 0 Å². The highest BCUT2D eigenvalue weighted by Gasteiger charge is 2.06. The molecule has 0 radical (unpaired) electrons. The highest BCUT2D eigenvalue weighted by atomic mass is 16.5. The van der Waals surface area contributed by atoms with Crippen molar-refractivity contribution < 1.29 is 4.74 Å². The number of para-hydroxylation sites is 1. The van der Waals surface area contributed by atoms with E-state index in [2.05, 4.69) is 54.7 Å². The molecule has 0 aliphatic rings. The smallest absolute Gasteiger partial charge is 0.119 e. The molecule has 1 atom stereocenters. The molecule has 0 heterocycles. The van der Waals surface area contributed by atoms with Gasteiger partial charge in [-0.15, -0.1) is 0 Å². The molecule has 0 saturated carbocycles. The van der Waals surface area contributed by atoms with Gasteiger partial charge in [-0.25, -0.2) is 0 Å². The minimum absolute atomic E-state index is 0.263. The summed E-state index contributed by atoms with van der Waals surface area (Å²) in [6.45, 7) is 2.18. The molecule has 2 heteroatoms. The molecule has 3 rings (SSSR count). The molecule has 0 aliphatic carbocycles. The Morgan fingerprint density at radius 3 is 2.33 bits per heavy atom. The van der Waals surface area contributed by atoms with Gasteiger partial charge in [-0.1, -0.05) is 36.4 Å². The van der Waals surface area contributed by atoms with Crippen LogP contribution in [0.3, 0.4) is 0 Å². The zero-order chi connectivity index (χ0) is 14.7. The van der Waals surface area contributed by atoms with E-state index >= 15 is 0 Å². The normalized spacial score (nSPS) is 12.1. The molecule has 3 aromatic rings. The van der Waals surface area contributed by atoms with Crippen molar-refractivity contribution >= 4 is 16.5 Å². The predicted octanol–water partition coefficient (Wildman–Crippen LogP) is 5.02. The molecule has 0 spiro atoms. The topological polar surface area (TPSA) is 21.3 Å². The number of hydrogen-bond donors (Lipinski definition) is 1. The monoisotopic (exact) mass is 277 g/mol. The number of nitrogens with one attached hydrogen (secondary N) is 1. The summed E-state index contributed by atoms with van der Waals surface area (Å²) in [6, 6.07) is 23.3. The predicted molar refractivity (Wildman–Crippen MR) is 89.0 cm³/mol. The molecule has 0 fully saturated rings. The van der Waals surface area contributed by atoms with Crippen molar-refractivity contribution in [3.63, 3.8) is 0 Å². The van der Waals surface area contributed by atoms with Gasteiger partial charge in [0.05, 0.1) is 7.11 Å². The molecular formula is C19H19NO. The van der Waals surface area contributed by atoms with E-state index in [-0.39, 0.29) is 6.04 Å². The van der Waals surface area contributed by atoms with Crippen LogP contribution in [0.5, 0.6) is 5.75 Å². The van der Waals surface area contributed by atoms with Gasteiger partial charge in [0.15, 0.2) is 0 Å². The summed E-state index contributed by atoms with van der Waals surface area (Å²) in [7, 11) is 1.70. The van der Waals surface area contributed by atoms with Crippen molar-refractivity contribution in [2.24, 2.45) is 0 Å². The maximum atomic E-state index is 5.27. The first-order valence-electron chi connectivity index (χ1n) is 7.15. The van der Waals surface area contributed by atoms with Crippen molar-refractivity contribution in [1.82, 2.24) is 0 Å². The maximum Gasteiger partial charge on any atom is 0.119 e. The molecule has 0 amide bonds. The van der Waals surface area contributed by atoms with E-state index in [9.17, 15) is 0 Å². The van der Waals surface area contributed by atoms with E-state index in [1.165, 1.54) is 16.3 Å². The van der Waals surface area contributed by atoms with Gasteiger partial charge in [0.2, 0.25) is 0 Å². The second-order valence-corrected chi connectivity index (χ2v) is 5.20. The molecule has 21 heavy (non-hydrogen) atoms. The first kappa shape index (κ1) is 13.5. The highest BCUT2D eigenvalue weighted by molar-refractivity contribution is 5.84. The van der Waals surface area contributed by atoms with E-state index in [1.807, 2.05) is 24.3 Å². The minimum Gasteiger partial charge on any atom is -0.497 e.